The molecule has 6 heteroatoms. The molecule has 2 heterocycles. The van der Waals surface area contributed by atoms with Crippen molar-refractivity contribution in [2.75, 3.05) is 11.9 Å². The van der Waals surface area contributed by atoms with Gasteiger partial charge in [-0.15, -0.1) is 0 Å². The van der Waals surface area contributed by atoms with Gasteiger partial charge in [-0.25, -0.2) is 4.98 Å². The zero-order valence-corrected chi connectivity index (χ0v) is 16.3. The molecular formula is C22H22ClN3O2. The van der Waals surface area contributed by atoms with E-state index in [0.717, 1.165) is 35.7 Å². The van der Waals surface area contributed by atoms with Gasteiger partial charge in [0.05, 0.1) is 18.7 Å². The smallest absolute Gasteiger partial charge is 0.227 e. The van der Waals surface area contributed by atoms with Crippen molar-refractivity contribution in [1.29, 1.82) is 0 Å². The molecule has 1 aliphatic heterocycles. The summed E-state index contributed by atoms with van der Waals surface area (Å²) in [5.41, 5.74) is 2.73. The molecule has 0 saturated carbocycles. The Morgan fingerprint density at radius 1 is 1.18 bits per heavy atom. The summed E-state index contributed by atoms with van der Waals surface area (Å²) in [6.45, 7) is 1.32. The maximum atomic E-state index is 12.2. The summed E-state index contributed by atoms with van der Waals surface area (Å²) in [5.74, 6) is 1.71. The molecule has 0 saturated heterocycles. The summed E-state index contributed by atoms with van der Waals surface area (Å²) in [6, 6.07) is 14.9. The first-order valence-corrected chi connectivity index (χ1v) is 9.90. The van der Waals surface area contributed by atoms with E-state index in [4.69, 9.17) is 21.3 Å². The number of nitrogens with one attached hydrogen (secondary N) is 1. The zero-order chi connectivity index (χ0) is 19.3. The molecular weight excluding hydrogens is 374 g/mol. The third-order valence-electron chi connectivity index (χ3n) is 4.74. The molecule has 0 radical (unpaired) electrons. The first kappa shape index (κ1) is 18.6. The van der Waals surface area contributed by atoms with Gasteiger partial charge in [-0.3, -0.25) is 4.79 Å². The van der Waals surface area contributed by atoms with E-state index in [1.54, 1.807) is 12.1 Å². The quantitative estimate of drug-likeness (QED) is 0.642. The lowest BCUT2D eigenvalue weighted by atomic mass is 10.1. The molecule has 0 aliphatic carbocycles. The third kappa shape index (κ3) is 4.54. The Morgan fingerprint density at radius 3 is 2.93 bits per heavy atom. The van der Waals surface area contributed by atoms with Crippen LogP contribution >= 0.6 is 11.6 Å². The number of amides is 1. The highest BCUT2D eigenvalue weighted by atomic mass is 35.5. The molecule has 1 aliphatic rings. The highest BCUT2D eigenvalue weighted by molar-refractivity contribution is 6.30. The van der Waals surface area contributed by atoms with E-state index in [1.807, 2.05) is 36.4 Å². The van der Waals surface area contributed by atoms with E-state index < -0.39 is 0 Å². The molecule has 2 aromatic carbocycles. The maximum absolute atomic E-state index is 12.2. The van der Waals surface area contributed by atoms with Crippen LogP contribution in [-0.2, 0) is 17.8 Å². The van der Waals surface area contributed by atoms with Crippen LogP contribution in [0.25, 0.3) is 11.3 Å². The SMILES string of the molecule is O=C(CCOc1cccc(Cl)c1)Nc1cccc(-c2cn3c(n2)CCCC3)c1. The molecule has 1 N–H and O–H groups in total. The number of ether oxygens (including phenoxy) is 1. The molecule has 0 spiro atoms. The summed E-state index contributed by atoms with van der Waals surface area (Å²) in [7, 11) is 0. The first-order chi connectivity index (χ1) is 13.7. The van der Waals surface area contributed by atoms with Crippen molar-refractivity contribution in [2.24, 2.45) is 0 Å². The Morgan fingerprint density at radius 2 is 2.07 bits per heavy atom. The number of carbonyl (C=O) groups excluding carboxylic acids is 1. The van der Waals surface area contributed by atoms with Gasteiger partial charge in [-0.05, 0) is 43.2 Å². The van der Waals surface area contributed by atoms with Crippen molar-refractivity contribution in [2.45, 2.75) is 32.2 Å². The molecule has 0 atom stereocenters. The van der Waals surface area contributed by atoms with Gasteiger partial charge in [-0.1, -0.05) is 29.8 Å². The molecule has 1 amide bonds. The number of hydrogen-bond acceptors (Lipinski definition) is 3. The van der Waals surface area contributed by atoms with Crippen LogP contribution in [0.2, 0.25) is 5.02 Å². The van der Waals surface area contributed by atoms with Crippen molar-refractivity contribution in [3.8, 4) is 17.0 Å². The second-order valence-corrected chi connectivity index (χ2v) is 7.31. The van der Waals surface area contributed by atoms with Crippen molar-refractivity contribution < 1.29 is 9.53 Å². The number of hydrogen-bond donors (Lipinski definition) is 1. The van der Waals surface area contributed by atoms with Gasteiger partial charge < -0.3 is 14.6 Å². The Bertz CT molecular complexity index is 960. The molecule has 3 aromatic rings. The second-order valence-electron chi connectivity index (χ2n) is 6.88. The third-order valence-corrected chi connectivity index (χ3v) is 4.98. The standard InChI is InChI=1S/C22H22ClN3O2/c23-17-6-4-8-19(14-17)28-12-10-22(27)24-18-7-3-5-16(13-18)20-15-26-11-2-1-9-21(26)25-20/h3-8,13-15H,1-2,9-12H2,(H,24,27). The summed E-state index contributed by atoms with van der Waals surface area (Å²) in [6.07, 6.45) is 5.80. The second kappa shape index (κ2) is 8.48. The van der Waals surface area contributed by atoms with Crippen LogP contribution < -0.4 is 10.1 Å². The summed E-state index contributed by atoms with van der Waals surface area (Å²) in [4.78, 5) is 17.0. The summed E-state index contributed by atoms with van der Waals surface area (Å²) >= 11 is 5.93. The fraction of sp³-hybridized carbons (Fsp3) is 0.273. The number of rotatable bonds is 6. The fourth-order valence-electron chi connectivity index (χ4n) is 3.35. The number of anilines is 1. The molecule has 0 bridgehead atoms. The van der Waals surface area contributed by atoms with Gasteiger partial charge in [0, 0.05) is 35.4 Å². The average Bonchev–Trinajstić information content (AvgIpc) is 3.13. The zero-order valence-electron chi connectivity index (χ0n) is 15.5. The van der Waals surface area contributed by atoms with E-state index in [1.165, 1.54) is 12.8 Å². The molecule has 0 fully saturated rings. The molecule has 0 unspecified atom stereocenters. The molecule has 4 rings (SSSR count). The number of aryl methyl sites for hydroxylation is 2. The number of nitrogens with zero attached hydrogens (tertiary/aromatic N) is 2. The average molecular weight is 396 g/mol. The minimum atomic E-state index is -0.0942. The van der Waals surface area contributed by atoms with E-state index in [-0.39, 0.29) is 12.3 Å². The van der Waals surface area contributed by atoms with Crippen molar-refractivity contribution in [3.05, 3.63) is 65.6 Å². The molecule has 28 heavy (non-hydrogen) atoms. The van der Waals surface area contributed by atoms with Crippen LogP contribution in [0.3, 0.4) is 0 Å². The Kier molecular flexibility index (Phi) is 5.63. The van der Waals surface area contributed by atoms with Crippen LogP contribution in [0.4, 0.5) is 5.69 Å². The first-order valence-electron chi connectivity index (χ1n) is 9.52. The molecule has 1 aromatic heterocycles. The molecule has 144 valence electrons. The van der Waals surface area contributed by atoms with Gasteiger partial charge in [-0.2, -0.15) is 0 Å². The predicted molar refractivity (Wildman–Crippen MR) is 111 cm³/mol. The van der Waals surface area contributed by atoms with Crippen molar-refractivity contribution in [3.63, 3.8) is 0 Å². The van der Waals surface area contributed by atoms with Crippen LogP contribution in [0.1, 0.15) is 25.1 Å². The normalized spacial score (nSPS) is 13.0. The largest absolute Gasteiger partial charge is 0.493 e. The Hall–Kier alpha value is -2.79. The highest BCUT2D eigenvalue weighted by Crippen LogP contribution is 2.25. The van der Waals surface area contributed by atoms with Gasteiger partial charge in [0.25, 0.3) is 0 Å². The van der Waals surface area contributed by atoms with Gasteiger partial charge in [0.2, 0.25) is 5.91 Å². The highest BCUT2D eigenvalue weighted by Gasteiger charge is 2.13. The number of fused-ring (bicyclic) bond motifs is 1. The van der Waals surface area contributed by atoms with Crippen molar-refractivity contribution in [1.82, 2.24) is 9.55 Å². The van der Waals surface area contributed by atoms with Crippen LogP contribution in [0, 0.1) is 0 Å². The molecule has 5 nitrogen and oxygen atoms in total. The lowest BCUT2D eigenvalue weighted by molar-refractivity contribution is -0.116. The maximum Gasteiger partial charge on any atom is 0.227 e. The van der Waals surface area contributed by atoms with Gasteiger partial charge in [0.15, 0.2) is 0 Å². The number of carbonyl (C=O) groups is 1. The summed E-state index contributed by atoms with van der Waals surface area (Å²) in [5, 5.41) is 3.54. The van der Waals surface area contributed by atoms with E-state index in [0.29, 0.717) is 17.4 Å². The van der Waals surface area contributed by atoms with Gasteiger partial charge >= 0.3 is 0 Å². The van der Waals surface area contributed by atoms with Crippen LogP contribution in [0.5, 0.6) is 5.75 Å². The van der Waals surface area contributed by atoms with Crippen LogP contribution in [0.15, 0.2) is 54.7 Å². The lowest BCUT2D eigenvalue weighted by Crippen LogP contribution is -2.15. The topological polar surface area (TPSA) is 56.1 Å². The number of halogens is 1. The van der Waals surface area contributed by atoms with E-state index >= 15 is 0 Å². The fourth-order valence-corrected chi connectivity index (χ4v) is 3.53. The Labute approximate surface area is 169 Å². The summed E-state index contributed by atoms with van der Waals surface area (Å²) < 4.78 is 7.81. The lowest BCUT2D eigenvalue weighted by Gasteiger charge is -2.11. The van der Waals surface area contributed by atoms with Crippen LogP contribution in [-0.4, -0.2) is 22.1 Å². The predicted octanol–water partition coefficient (Wildman–Crippen LogP) is 4.95. The number of aromatic nitrogens is 2. The minimum absolute atomic E-state index is 0.0942. The number of imidazole rings is 1. The van der Waals surface area contributed by atoms with E-state index in [2.05, 4.69) is 16.1 Å². The van der Waals surface area contributed by atoms with Gasteiger partial charge in [0.1, 0.15) is 11.6 Å². The van der Waals surface area contributed by atoms with Crippen molar-refractivity contribution >= 4 is 23.2 Å². The monoisotopic (exact) mass is 395 g/mol. The Balaban J connectivity index is 1.35. The minimum Gasteiger partial charge on any atom is -0.493 e. The van der Waals surface area contributed by atoms with E-state index in [9.17, 15) is 4.79 Å². The number of benzene rings is 2.